The van der Waals surface area contributed by atoms with Crippen molar-refractivity contribution in [1.82, 2.24) is 15.1 Å². The summed E-state index contributed by atoms with van der Waals surface area (Å²) in [7, 11) is 0. The van der Waals surface area contributed by atoms with Gasteiger partial charge in [-0.2, -0.15) is 0 Å². The van der Waals surface area contributed by atoms with Crippen LogP contribution in [-0.2, 0) is 11.3 Å². The van der Waals surface area contributed by atoms with Crippen LogP contribution in [0.15, 0.2) is 12.1 Å². The number of urea groups is 1. The number of carboxylic acids is 1. The zero-order chi connectivity index (χ0) is 17.7. The van der Waals surface area contributed by atoms with E-state index in [0.717, 1.165) is 22.1 Å². The second-order valence-electron chi connectivity index (χ2n) is 5.95. The first-order valence-corrected chi connectivity index (χ1v) is 9.37. The highest BCUT2D eigenvalue weighted by Gasteiger charge is 2.35. The number of thiophene rings is 1. The molecule has 1 aliphatic carbocycles. The Morgan fingerprint density at radius 1 is 1.33 bits per heavy atom. The number of carboxylic acid groups (broad SMARTS) is 1. The molecule has 1 aromatic rings. The number of likely N-dealkylation sites (N-methyl/N-ethyl adjacent to an activating group) is 1. The Kier molecular flexibility index (Phi) is 6.89. The topological polar surface area (TPSA) is 72.9 Å². The molecule has 2 N–H and O–H groups in total. The van der Waals surface area contributed by atoms with E-state index in [4.69, 9.17) is 16.7 Å². The number of carbonyl (C=O) groups excluding carboxylic acids is 1. The second kappa shape index (κ2) is 8.69. The lowest BCUT2D eigenvalue weighted by atomic mass is 9.85. The maximum Gasteiger partial charge on any atom is 0.317 e. The van der Waals surface area contributed by atoms with Gasteiger partial charge in [0.1, 0.15) is 0 Å². The van der Waals surface area contributed by atoms with E-state index in [2.05, 4.69) is 5.32 Å². The van der Waals surface area contributed by atoms with E-state index in [0.29, 0.717) is 19.6 Å². The Hall–Kier alpha value is -1.31. The van der Waals surface area contributed by atoms with Gasteiger partial charge in [-0.1, -0.05) is 18.5 Å². The molecule has 1 fully saturated rings. The van der Waals surface area contributed by atoms with E-state index < -0.39 is 5.97 Å². The fourth-order valence-electron chi connectivity index (χ4n) is 2.89. The molecule has 0 unspecified atom stereocenters. The summed E-state index contributed by atoms with van der Waals surface area (Å²) in [5, 5.41) is 12.0. The minimum Gasteiger partial charge on any atom is -0.480 e. The van der Waals surface area contributed by atoms with Crippen molar-refractivity contribution in [2.75, 3.05) is 19.6 Å². The molecule has 2 amide bonds. The summed E-state index contributed by atoms with van der Waals surface area (Å²) < 4.78 is 0.724. The maximum atomic E-state index is 12.4. The molecule has 0 atom stereocenters. The van der Waals surface area contributed by atoms with Crippen LogP contribution in [0.3, 0.4) is 0 Å². The first kappa shape index (κ1) is 19.0. The third kappa shape index (κ3) is 5.09. The summed E-state index contributed by atoms with van der Waals surface area (Å²) in [6.45, 7) is 5.84. The first-order valence-electron chi connectivity index (χ1n) is 8.18. The number of aliphatic carboxylic acids is 1. The molecular formula is C16H24ClN3O3S. The Morgan fingerprint density at radius 3 is 2.54 bits per heavy atom. The number of amides is 2. The van der Waals surface area contributed by atoms with Crippen LogP contribution in [0, 0.1) is 0 Å². The molecule has 1 aliphatic rings. The Balaban J connectivity index is 1.79. The summed E-state index contributed by atoms with van der Waals surface area (Å²) >= 11 is 7.41. The van der Waals surface area contributed by atoms with Crippen molar-refractivity contribution in [3.8, 4) is 0 Å². The predicted octanol–water partition coefficient (Wildman–Crippen LogP) is 2.87. The van der Waals surface area contributed by atoms with Crippen molar-refractivity contribution in [1.29, 1.82) is 0 Å². The van der Waals surface area contributed by atoms with Gasteiger partial charge in [0.15, 0.2) is 0 Å². The van der Waals surface area contributed by atoms with Crippen molar-refractivity contribution in [2.24, 2.45) is 0 Å². The average Bonchev–Trinajstić information content (AvgIpc) is 2.90. The molecule has 0 bridgehead atoms. The zero-order valence-electron chi connectivity index (χ0n) is 14.0. The smallest absolute Gasteiger partial charge is 0.317 e. The number of nitrogens with zero attached hydrogens (tertiary/aromatic N) is 2. The largest absolute Gasteiger partial charge is 0.480 e. The summed E-state index contributed by atoms with van der Waals surface area (Å²) in [5.41, 5.74) is 0. The lowest BCUT2D eigenvalue weighted by Gasteiger charge is -2.42. The molecule has 1 heterocycles. The van der Waals surface area contributed by atoms with Gasteiger partial charge in [-0.3, -0.25) is 9.69 Å². The van der Waals surface area contributed by atoms with Gasteiger partial charge in [0, 0.05) is 23.5 Å². The quantitative estimate of drug-likeness (QED) is 0.734. The Bertz CT molecular complexity index is 575. The molecule has 0 saturated heterocycles. The van der Waals surface area contributed by atoms with Crippen molar-refractivity contribution < 1.29 is 14.7 Å². The number of hydrogen-bond acceptors (Lipinski definition) is 4. The number of carbonyl (C=O) groups is 2. The zero-order valence-corrected chi connectivity index (χ0v) is 15.6. The molecule has 1 saturated carbocycles. The predicted molar refractivity (Wildman–Crippen MR) is 95.6 cm³/mol. The van der Waals surface area contributed by atoms with Gasteiger partial charge in [0.05, 0.1) is 17.4 Å². The van der Waals surface area contributed by atoms with Crippen LogP contribution >= 0.6 is 22.9 Å². The molecule has 1 aromatic heterocycles. The van der Waals surface area contributed by atoms with Crippen molar-refractivity contribution >= 4 is 34.9 Å². The van der Waals surface area contributed by atoms with Crippen LogP contribution in [0.1, 0.15) is 31.6 Å². The van der Waals surface area contributed by atoms with Gasteiger partial charge in [0.2, 0.25) is 0 Å². The summed E-state index contributed by atoms with van der Waals surface area (Å²) in [6.07, 6.45) is 1.60. The van der Waals surface area contributed by atoms with Crippen LogP contribution in [0.5, 0.6) is 0 Å². The maximum absolute atomic E-state index is 12.4. The van der Waals surface area contributed by atoms with Crippen molar-refractivity contribution in [2.45, 2.75) is 45.3 Å². The van der Waals surface area contributed by atoms with Gasteiger partial charge in [-0.15, -0.1) is 11.3 Å². The fourth-order valence-corrected chi connectivity index (χ4v) is 4.00. The van der Waals surface area contributed by atoms with Crippen LogP contribution < -0.4 is 5.32 Å². The SMILES string of the molecule is CCN(Cc1ccc(Cl)s1)C(=O)NC1CC(N(CC)CC(=O)O)C1. The summed E-state index contributed by atoms with van der Waals surface area (Å²) in [5.74, 6) is -0.809. The molecule has 6 nitrogen and oxygen atoms in total. The Morgan fingerprint density at radius 2 is 2.04 bits per heavy atom. The van der Waals surface area contributed by atoms with E-state index in [1.165, 1.54) is 11.3 Å². The van der Waals surface area contributed by atoms with E-state index >= 15 is 0 Å². The van der Waals surface area contributed by atoms with Gasteiger partial charge in [-0.25, -0.2) is 4.79 Å². The standard InChI is InChI=1S/C16H24ClN3O3S/c1-3-19(10-15(21)22)12-7-11(8-12)18-16(23)20(4-2)9-13-5-6-14(17)24-13/h5-6,11-12H,3-4,7-10H2,1-2H3,(H,18,23)(H,21,22). The third-order valence-corrected chi connectivity index (χ3v) is 5.56. The van der Waals surface area contributed by atoms with Crippen molar-refractivity contribution in [3.63, 3.8) is 0 Å². The number of nitrogens with one attached hydrogen (secondary N) is 1. The van der Waals surface area contributed by atoms with Crippen LogP contribution in [-0.4, -0.2) is 58.6 Å². The van der Waals surface area contributed by atoms with Gasteiger partial charge < -0.3 is 15.3 Å². The van der Waals surface area contributed by atoms with Crippen molar-refractivity contribution in [3.05, 3.63) is 21.3 Å². The molecular weight excluding hydrogens is 350 g/mol. The molecule has 134 valence electrons. The molecule has 0 aliphatic heterocycles. The van der Waals surface area contributed by atoms with E-state index in [9.17, 15) is 9.59 Å². The minimum absolute atomic E-state index is 0.0576. The van der Waals surface area contributed by atoms with Crippen LogP contribution in [0.2, 0.25) is 4.34 Å². The fraction of sp³-hybridized carbons (Fsp3) is 0.625. The minimum atomic E-state index is -0.809. The van der Waals surface area contributed by atoms with Gasteiger partial charge in [-0.05, 0) is 38.4 Å². The monoisotopic (exact) mass is 373 g/mol. The van der Waals surface area contributed by atoms with Crippen LogP contribution in [0.4, 0.5) is 4.79 Å². The molecule has 0 radical (unpaired) electrons. The van der Waals surface area contributed by atoms with Gasteiger partial charge in [0.25, 0.3) is 0 Å². The Labute approximate surface area is 151 Å². The van der Waals surface area contributed by atoms with Gasteiger partial charge >= 0.3 is 12.0 Å². The molecule has 0 spiro atoms. The highest BCUT2D eigenvalue weighted by Crippen LogP contribution is 2.26. The lowest BCUT2D eigenvalue weighted by molar-refractivity contribution is -0.139. The molecule has 2 rings (SSSR count). The average molecular weight is 374 g/mol. The molecule has 24 heavy (non-hydrogen) atoms. The summed E-state index contributed by atoms with van der Waals surface area (Å²) in [4.78, 5) is 28.0. The third-order valence-electron chi connectivity index (χ3n) is 4.35. The normalized spacial score (nSPS) is 19.8. The van der Waals surface area contributed by atoms with E-state index in [1.54, 1.807) is 4.90 Å². The van der Waals surface area contributed by atoms with E-state index in [1.807, 2.05) is 30.9 Å². The van der Waals surface area contributed by atoms with E-state index in [-0.39, 0.29) is 24.7 Å². The first-order chi connectivity index (χ1) is 11.4. The van der Waals surface area contributed by atoms with Crippen LogP contribution in [0.25, 0.3) is 0 Å². The molecule has 8 heteroatoms. The highest BCUT2D eigenvalue weighted by molar-refractivity contribution is 7.16. The lowest BCUT2D eigenvalue weighted by Crippen LogP contribution is -2.56. The highest BCUT2D eigenvalue weighted by atomic mass is 35.5. The number of rotatable bonds is 8. The molecule has 0 aromatic carbocycles. The number of hydrogen-bond donors (Lipinski definition) is 2. The second-order valence-corrected chi connectivity index (χ2v) is 7.75. The summed E-state index contributed by atoms with van der Waals surface area (Å²) in [6, 6.07) is 4.06. The number of halogens is 1.